The van der Waals surface area contributed by atoms with Gasteiger partial charge in [0.1, 0.15) is 0 Å². The van der Waals surface area contributed by atoms with Crippen molar-refractivity contribution in [2.24, 2.45) is 5.92 Å². The van der Waals surface area contributed by atoms with E-state index in [-0.39, 0.29) is 17.2 Å². The maximum atomic E-state index is 12.6. The molecule has 3 rings (SSSR count). The molecule has 1 heterocycles. The number of esters is 1. The Morgan fingerprint density at radius 1 is 1.10 bits per heavy atom. The van der Waals surface area contributed by atoms with Gasteiger partial charge in [0, 0.05) is 17.6 Å². The van der Waals surface area contributed by atoms with E-state index >= 15 is 0 Å². The van der Waals surface area contributed by atoms with E-state index in [9.17, 15) is 14.4 Å². The van der Waals surface area contributed by atoms with E-state index in [1.54, 1.807) is 30.3 Å². The molecule has 7 heteroatoms. The van der Waals surface area contributed by atoms with E-state index in [0.717, 1.165) is 5.56 Å². The number of carbonyl (C=O) groups is 2. The summed E-state index contributed by atoms with van der Waals surface area (Å²) in [5.74, 6) is -1.04. The molecule has 0 saturated carbocycles. The normalized spacial score (nSPS) is 10.9. The van der Waals surface area contributed by atoms with E-state index in [0.29, 0.717) is 23.0 Å². The van der Waals surface area contributed by atoms with E-state index in [1.165, 1.54) is 4.68 Å². The fraction of sp³-hybridized carbons (Fsp3) is 0.273. The SMILES string of the molecule is Cc1cccc(NC(=O)COC(=O)c2nn(CC(C)C)c(=O)c3ccccc23)c1. The van der Waals surface area contributed by atoms with Crippen LogP contribution in [0.1, 0.15) is 29.9 Å². The molecule has 0 fully saturated rings. The maximum Gasteiger partial charge on any atom is 0.359 e. The number of amides is 1. The summed E-state index contributed by atoms with van der Waals surface area (Å²) in [6.07, 6.45) is 0. The zero-order valence-electron chi connectivity index (χ0n) is 16.6. The highest BCUT2D eigenvalue weighted by Gasteiger charge is 2.19. The molecule has 0 aliphatic heterocycles. The average Bonchev–Trinajstić information content (AvgIpc) is 2.68. The van der Waals surface area contributed by atoms with E-state index < -0.39 is 18.5 Å². The number of rotatable bonds is 6. The Morgan fingerprint density at radius 2 is 1.83 bits per heavy atom. The van der Waals surface area contributed by atoms with Crippen molar-refractivity contribution in [1.82, 2.24) is 9.78 Å². The Hall–Kier alpha value is -3.48. The summed E-state index contributed by atoms with van der Waals surface area (Å²) < 4.78 is 6.45. The number of carbonyl (C=O) groups excluding carboxylic acids is 2. The second-order valence-electron chi connectivity index (χ2n) is 7.27. The van der Waals surface area contributed by atoms with Crippen LogP contribution in [0.15, 0.2) is 53.3 Å². The highest BCUT2D eigenvalue weighted by atomic mass is 16.5. The zero-order chi connectivity index (χ0) is 21.0. The third kappa shape index (κ3) is 4.87. The highest BCUT2D eigenvalue weighted by molar-refractivity contribution is 6.03. The number of nitrogens with zero attached hydrogens (tertiary/aromatic N) is 2. The number of aryl methyl sites for hydroxylation is 1. The van der Waals surface area contributed by atoms with Gasteiger partial charge in [-0.25, -0.2) is 9.48 Å². The van der Waals surface area contributed by atoms with Crippen LogP contribution in [-0.2, 0) is 16.1 Å². The first-order valence-corrected chi connectivity index (χ1v) is 9.38. The van der Waals surface area contributed by atoms with Crippen molar-refractivity contribution in [3.05, 3.63) is 70.1 Å². The zero-order valence-corrected chi connectivity index (χ0v) is 16.6. The summed E-state index contributed by atoms with van der Waals surface area (Å²) in [6, 6.07) is 14.1. The minimum atomic E-state index is -0.752. The van der Waals surface area contributed by atoms with Gasteiger partial charge in [-0.15, -0.1) is 0 Å². The predicted molar refractivity (Wildman–Crippen MR) is 111 cm³/mol. The van der Waals surface area contributed by atoms with Crippen molar-refractivity contribution >= 4 is 28.3 Å². The van der Waals surface area contributed by atoms with Gasteiger partial charge in [-0.2, -0.15) is 5.10 Å². The summed E-state index contributed by atoms with van der Waals surface area (Å²) >= 11 is 0. The molecule has 0 saturated heterocycles. The van der Waals surface area contributed by atoms with Crippen molar-refractivity contribution in [3.63, 3.8) is 0 Å². The summed E-state index contributed by atoms with van der Waals surface area (Å²) in [4.78, 5) is 37.4. The molecule has 29 heavy (non-hydrogen) atoms. The quantitative estimate of drug-likeness (QED) is 0.650. The lowest BCUT2D eigenvalue weighted by Gasteiger charge is -2.12. The van der Waals surface area contributed by atoms with Crippen LogP contribution in [0, 0.1) is 12.8 Å². The van der Waals surface area contributed by atoms with Crippen LogP contribution in [-0.4, -0.2) is 28.3 Å². The third-order valence-corrected chi connectivity index (χ3v) is 4.24. The number of hydrogen-bond donors (Lipinski definition) is 1. The van der Waals surface area contributed by atoms with Crippen molar-refractivity contribution in [2.75, 3.05) is 11.9 Å². The average molecular weight is 393 g/mol. The Labute approximate surface area is 168 Å². The van der Waals surface area contributed by atoms with Gasteiger partial charge in [-0.3, -0.25) is 9.59 Å². The van der Waals surface area contributed by atoms with Gasteiger partial charge < -0.3 is 10.1 Å². The molecule has 150 valence electrons. The van der Waals surface area contributed by atoms with Crippen LogP contribution in [0.2, 0.25) is 0 Å². The van der Waals surface area contributed by atoms with Crippen molar-refractivity contribution in [2.45, 2.75) is 27.3 Å². The molecular weight excluding hydrogens is 370 g/mol. The molecule has 0 radical (unpaired) electrons. The number of hydrogen-bond acceptors (Lipinski definition) is 5. The minimum Gasteiger partial charge on any atom is -0.451 e. The number of ether oxygens (including phenoxy) is 1. The van der Waals surface area contributed by atoms with Gasteiger partial charge in [-0.05, 0) is 36.6 Å². The largest absolute Gasteiger partial charge is 0.451 e. The summed E-state index contributed by atoms with van der Waals surface area (Å²) in [7, 11) is 0. The number of fused-ring (bicyclic) bond motifs is 1. The smallest absolute Gasteiger partial charge is 0.359 e. The van der Waals surface area contributed by atoms with Crippen LogP contribution in [0.25, 0.3) is 10.8 Å². The standard InChI is InChI=1S/C22H23N3O4/c1-14(2)12-25-21(27)18-10-5-4-9-17(18)20(24-25)22(28)29-13-19(26)23-16-8-6-7-15(3)11-16/h4-11,14H,12-13H2,1-3H3,(H,23,26). The molecular formula is C22H23N3O4. The van der Waals surface area contributed by atoms with Gasteiger partial charge >= 0.3 is 5.97 Å². The number of aromatic nitrogens is 2. The first-order chi connectivity index (χ1) is 13.8. The van der Waals surface area contributed by atoms with E-state index in [4.69, 9.17) is 4.74 Å². The lowest BCUT2D eigenvalue weighted by molar-refractivity contribution is -0.119. The Morgan fingerprint density at radius 3 is 2.52 bits per heavy atom. The Kier molecular flexibility index (Phi) is 6.07. The lowest BCUT2D eigenvalue weighted by Crippen LogP contribution is -2.29. The van der Waals surface area contributed by atoms with Gasteiger partial charge in [0.2, 0.25) is 0 Å². The molecule has 0 atom stereocenters. The second kappa shape index (κ2) is 8.68. The van der Waals surface area contributed by atoms with Crippen LogP contribution >= 0.6 is 0 Å². The van der Waals surface area contributed by atoms with Gasteiger partial charge in [0.15, 0.2) is 12.3 Å². The molecule has 1 amide bonds. The predicted octanol–water partition coefficient (Wildman–Crippen LogP) is 3.16. The molecule has 1 aromatic heterocycles. The Balaban J connectivity index is 1.80. The molecule has 2 aromatic carbocycles. The Bertz CT molecular complexity index is 1120. The van der Waals surface area contributed by atoms with E-state index in [1.807, 2.05) is 39.0 Å². The number of anilines is 1. The highest BCUT2D eigenvalue weighted by Crippen LogP contribution is 2.15. The van der Waals surface area contributed by atoms with Crippen LogP contribution < -0.4 is 10.9 Å². The van der Waals surface area contributed by atoms with Crippen molar-refractivity contribution in [3.8, 4) is 0 Å². The molecule has 3 aromatic rings. The van der Waals surface area contributed by atoms with E-state index in [2.05, 4.69) is 10.4 Å². The first-order valence-electron chi connectivity index (χ1n) is 9.38. The summed E-state index contributed by atoms with van der Waals surface area (Å²) in [5, 5.41) is 7.69. The maximum absolute atomic E-state index is 12.6. The van der Waals surface area contributed by atoms with Crippen LogP contribution in [0.3, 0.4) is 0 Å². The lowest BCUT2D eigenvalue weighted by atomic mass is 10.1. The number of nitrogens with one attached hydrogen (secondary N) is 1. The fourth-order valence-corrected chi connectivity index (χ4v) is 2.97. The summed E-state index contributed by atoms with van der Waals surface area (Å²) in [6.45, 7) is 5.75. The first kappa shape index (κ1) is 20.3. The molecule has 0 unspecified atom stereocenters. The second-order valence-corrected chi connectivity index (χ2v) is 7.27. The summed E-state index contributed by atoms with van der Waals surface area (Å²) in [5.41, 5.74) is 1.38. The molecule has 0 aliphatic rings. The molecule has 0 aliphatic carbocycles. The topological polar surface area (TPSA) is 90.3 Å². The van der Waals surface area contributed by atoms with Crippen LogP contribution in [0.4, 0.5) is 5.69 Å². The fourth-order valence-electron chi connectivity index (χ4n) is 2.97. The number of benzene rings is 2. The van der Waals surface area contributed by atoms with Gasteiger partial charge in [-0.1, -0.05) is 44.2 Å². The molecule has 0 bridgehead atoms. The van der Waals surface area contributed by atoms with Crippen molar-refractivity contribution < 1.29 is 14.3 Å². The molecule has 7 nitrogen and oxygen atoms in total. The van der Waals surface area contributed by atoms with Crippen molar-refractivity contribution in [1.29, 1.82) is 0 Å². The molecule has 0 spiro atoms. The monoisotopic (exact) mass is 393 g/mol. The van der Waals surface area contributed by atoms with Gasteiger partial charge in [0.05, 0.1) is 5.39 Å². The molecule has 1 N–H and O–H groups in total. The third-order valence-electron chi connectivity index (χ3n) is 4.24. The van der Waals surface area contributed by atoms with Crippen LogP contribution in [0.5, 0.6) is 0 Å². The minimum absolute atomic E-state index is 0.0178. The van der Waals surface area contributed by atoms with Gasteiger partial charge in [0.25, 0.3) is 11.5 Å².